The summed E-state index contributed by atoms with van der Waals surface area (Å²) in [5.41, 5.74) is 3.42. The number of hydrogen-bond acceptors (Lipinski definition) is 12. The minimum atomic E-state index is -1.47. The van der Waals surface area contributed by atoms with Gasteiger partial charge in [0.2, 0.25) is 0 Å². The summed E-state index contributed by atoms with van der Waals surface area (Å²) in [7, 11) is 0. The second kappa shape index (κ2) is 26.9. The molecule has 12 atom stereocenters. The molecule has 64 heavy (non-hydrogen) atoms. The average Bonchev–Trinajstić information content (AvgIpc) is 3.20. The fraction of sp³-hybridized carbons (Fsp3) is 0.500. The zero-order valence-corrected chi connectivity index (χ0v) is 39.7. The lowest BCUT2D eigenvalue weighted by Gasteiger charge is -2.41. The fourth-order valence-electron chi connectivity index (χ4n) is 6.07. The Labute approximate surface area is 381 Å². The zero-order chi connectivity index (χ0) is 48.4. The Morgan fingerprint density at radius 1 is 0.406 bits per heavy atom. The molecule has 12 heteroatoms. The second-order valence-electron chi connectivity index (χ2n) is 17.8. The first-order valence-corrected chi connectivity index (χ1v) is 21.7. The van der Waals surface area contributed by atoms with Crippen molar-refractivity contribution in [3.63, 3.8) is 0 Å². The molecule has 0 spiro atoms. The van der Waals surface area contributed by atoms with Gasteiger partial charge in [0.05, 0.1) is 23.4 Å². The standard InChI is InChI=1S/C52H76O12/c1-33(21-15-23-35(3)25-17-27-37(5)29-31-41(51(9,10)59)63-49-47(57)45(55)43(53)39(7)61-49)19-13-14-20-34(2)22-16-24-36(4)26-18-28-38(6)30-32-42(52(11,12)60)64-50-48(58)46(56)44(54)40(8)62-50/h13-32,39-50,53-60H,1-12H3/b14-13+,21-15+,22-16+,25-17+,26-18+,31-29-,32-30-,33-19+,34-20+,35-23+,36-24+,37-27+,38-28+/t39-,40-,41?,42?,43-,44-,45+,46+,47+,48+,49+,50+/m0/s1. The quantitative estimate of drug-likeness (QED) is 0.0617. The number of aliphatic hydroxyl groups is 8. The molecule has 0 aliphatic carbocycles. The highest BCUT2D eigenvalue weighted by Gasteiger charge is 2.45. The van der Waals surface area contributed by atoms with Gasteiger partial charge in [-0.15, -0.1) is 0 Å². The van der Waals surface area contributed by atoms with Crippen LogP contribution in [-0.4, -0.2) is 126 Å². The maximum absolute atomic E-state index is 10.7. The van der Waals surface area contributed by atoms with Crippen LogP contribution < -0.4 is 0 Å². The lowest BCUT2D eigenvalue weighted by atomic mass is 9.98. The van der Waals surface area contributed by atoms with Crippen LogP contribution in [0.3, 0.4) is 0 Å². The summed E-state index contributed by atoms with van der Waals surface area (Å²) in [6.45, 7) is 21.3. The van der Waals surface area contributed by atoms with Crippen molar-refractivity contribution >= 4 is 0 Å². The van der Waals surface area contributed by atoms with Crippen molar-refractivity contribution in [3.05, 3.63) is 155 Å². The van der Waals surface area contributed by atoms with Crippen molar-refractivity contribution in [2.45, 2.75) is 168 Å². The molecule has 356 valence electrons. The normalized spacial score (nSPS) is 30.5. The van der Waals surface area contributed by atoms with Gasteiger partial charge in [-0.05, 0) is 83.1 Å². The smallest absolute Gasteiger partial charge is 0.187 e. The van der Waals surface area contributed by atoms with E-state index in [9.17, 15) is 40.9 Å². The van der Waals surface area contributed by atoms with Crippen LogP contribution in [0.4, 0.5) is 0 Å². The molecule has 2 heterocycles. The molecule has 0 aromatic rings. The number of rotatable bonds is 20. The van der Waals surface area contributed by atoms with Gasteiger partial charge in [-0.2, -0.15) is 0 Å². The van der Waals surface area contributed by atoms with Crippen molar-refractivity contribution < 1.29 is 59.8 Å². The van der Waals surface area contributed by atoms with Gasteiger partial charge in [0.15, 0.2) is 12.6 Å². The Hall–Kier alpha value is -3.86. The van der Waals surface area contributed by atoms with E-state index >= 15 is 0 Å². The summed E-state index contributed by atoms with van der Waals surface area (Å²) in [5.74, 6) is 0. The summed E-state index contributed by atoms with van der Waals surface area (Å²) in [4.78, 5) is 0. The molecule has 2 saturated heterocycles. The molecule has 12 nitrogen and oxygen atoms in total. The molecular weight excluding hydrogens is 817 g/mol. The average molecular weight is 893 g/mol. The molecule has 0 amide bonds. The van der Waals surface area contributed by atoms with Crippen LogP contribution in [-0.2, 0) is 18.9 Å². The van der Waals surface area contributed by atoms with Gasteiger partial charge in [-0.25, -0.2) is 0 Å². The third-order valence-corrected chi connectivity index (χ3v) is 10.3. The van der Waals surface area contributed by atoms with Crippen LogP contribution in [0.5, 0.6) is 0 Å². The first-order chi connectivity index (χ1) is 29.8. The monoisotopic (exact) mass is 893 g/mol. The molecule has 2 rings (SSSR count). The van der Waals surface area contributed by atoms with Crippen LogP contribution >= 0.6 is 0 Å². The number of aliphatic hydroxyl groups excluding tert-OH is 6. The van der Waals surface area contributed by atoms with E-state index in [2.05, 4.69) is 0 Å². The highest BCUT2D eigenvalue weighted by Crippen LogP contribution is 2.28. The Kier molecular flexibility index (Phi) is 23.7. The molecule has 0 radical (unpaired) electrons. The summed E-state index contributed by atoms with van der Waals surface area (Å²) in [6.07, 6.45) is 24.7. The SMILES string of the molecule is CC(/C=C\C(O[C@H]1O[C@@H](C)[C@H](O)[C@@H](O)[C@H]1O)C(C)(C)O)=C\C=C\C(C)=C\C=C\C(C)=C\C=C\C=C(C)\C=C\C=C(C)\C=C\C=C(C)\C=C/C(O[C@H]1O[C@@H](C)[C@H](O)[C@@H](O)[C@H]1O)C(C)(C)O. The van der Waals surface area contributed by atoms with E-state index in [1.165, 1.54) is 0 Å². The topological polar surface area (TPSA) is 199 Å². The lowest BCUT2D eigenvalue weighted by molar-refractivity contribution is -0.309. The van der Waals surface area contributed by atoms with Gasteiger partial charge in [0.25, 0.3) is 0 Å². The maximum Gasteiger partial charge on any atom is 0.187 e. The van der Waals surface area contributed by atoms with Gasteiger partial charge in [-0.1, -0.05) is 155 Å². The molecule has 2 unspecified atom stereocenters. The van der Waals surface area contributed by atoms with Crippen molar-refractivity contribution in [3.8, 4) is 0 Å². The van der Waals surface area contributed by atoms with Gasteiger partial charge in [-0.3, -0.25) is 0 Å². The molecule has 0 aromatic carbocycles. The third-order valence-electron chi connectivity index (χ3n) is 10.3. The van der Waals surface area contributed by atoms with Gasteiger partial charge < -0.3 is 59.8 Å². The van der Waals surface area contributed by atoms with Crippen molar-refractivity contribution in [2.24, 2.45) is 0 Å². The highest BCUT2D eigenvalue weighted by molar-refractivity contribution is 5.34. The Morgan fingerprint density at radius 3 is 0.922 bits per heavy atom. The number of allylic oxidation sites excluding steroid dienone is 24. The Morgan fingerprint density at radius 2 is 0.656 bits per heavy atom. The molecule has 8 N–H and O–H groups in total. The van der Waals surface area contributed by atoms with Crippen LogP contribution in [0.25, 0.3) is 0 Å². The summed E-state index contributed by atoms with van der Waals surface area (Å²) in [5, 5.41) is 82.2. The Balaban J connectivity index is 1.89. The molecule has 2 aliphatic heterocycles. The zero-order valence-electron chi connectivity index (χ0n) is 39.7. The van der Waals surface area contributed by atoms with Crippen molar-refractivity contribution in [1.29, 1.82) is 0 Å². The number of ether oxygens (including phenoxy) is 4. The molecular formula is C52H76O12. The summed E-state index contributed by atoms with van der Waals surface area (Å²) < 4.78 is 22.8. The predicted octanol–water partition coefficient (Wildman–Crippen LogP) is 6.52. The van der Waals surface area contributed by atoms with Crippen molar-refractivity contribution in [1.82, 2.24) is 0 Å². The molecule has 2 aliphatic rings. The summed E-state index contributed by atoms with van der Waals surface area (Å²) in [6, 6.07) is 0. The minimum Gasteiger partial charge on any atom is -0.388 e. The van der Waals surface area contributed by atoms with E-state index in [0.717, 1.165) is 33.4 Å². The molecule has 0 bridgehead atoms. The van der Waals surface area contributed by atoms with Gasteiger partial charge in [0.1, 0.15) is 48.8 Å². The van der Waals surface area contributed by atoms with Crippen LogP contribution in [0.15, 0.2) is 155 Å². The van der Waals surface area contributed by atoms with Crippen LogP contribution in [0, 0.1) is 0 Å². The largest absolute Gasteiger partial charge is 0.388 e. The van der Waals surface area contributed by atoms with Crippen molar-refractivity contribution in [2.75, 3.05) is 0 Å². The van der Waals surface area contributed by atoms with Crippen LogP contribution in [0.2, 0.25) is 0 Å². The predicted molar refractivity (Wildman–Crippen MR) is 254 cm³/mol. The fourth-order valence-corrected chi connectivity index (χ4v) is 6.07. The molecule has 2 fully saturated rings. The Bertz CT molecular complexity index is 1740. The van der Waals surface area contributed by atoms with E-state index < -0.39 is 84.8 Å². The number of hydrogen-bond donors (Lipinski definition) is 8. The second-order valence-corrected chi connectivity index (χ2v) is 17.8. The van der Waals surface area contributed by atoms with E-state index in [4.69, 9.17) is 18.9 Å². The molecule has 0 saturated carbocycles. The lowest BCUT2D eigenvalue weighted by Crippen LogP contribution is -2.58. The maximum atomic E-state index is 10.7. The van der Waals surface area contributed by atoms with E-state index in [0.29, 0.717) is 0 Å². The first-order valence-electron chi connectivity index (χ1n) is 21.7. The third kappa shape index (κ3) is 20.1. The van der Waals surface area contributed by atoms with E-state index in [1.807, 2.05) is 139 Å². The van der Waals surface area contributed by atoms with Gasteiger partial charge in [0, 0.05) is 0 Å². The van der Waals surface area contributed by atoms with Crippen LogP contribution in [0.1, 0.15) is 83.1 Å². The summed E-state index contributed by atoms with van der Waals surface area (Å²) >= 11 is 0. The highest BCUT2D eigenvalue weighted by atomic mass is 16.7. The van der Waals surface area contributed by atoms with Gasteiger partial charge >= 0.3 is 0 Å². The first kappa shape index (κ1) is 56.3. The van der Waals surface area contributed by atoms with E-state index in [-0.39, 0.29) is 0 Å². The molecule has 0 aromatic heterocycles. The minimum absolute atomic E-state index is 0.754. The van der Waals surface area contributed by atoms with E-state index in [1.54, 1.807) is 65.8 Å².